The Balaban J connectivity index is 2.33. The average molecular weight is 322 g/mol. The van der Waals surface area contributed by atoms with Gasteiger partial charge in [0.2, 0.25) is 10.0 Å². The number of benzene rings is 1. The van der Waals surface area contributed by atoms with E-state index in [0.29, 0.717) is 18.5 Å². The van der Waals surface area contributed by atoms with Crippen LogP contribution in [0.3, 0.4) is 0 Å². The lowest BCUT2D eigenvalue weighted by Gasteiger charge is -2.33. The maximum atomic E-state index is 12.8. The summed E-state index contributed by atoms with van der Waals surface area (Å²) in [4.78, 5) is 11.1. The van der Waals surface area contributed by atoms with Crippen molar-refractivity contribution in [2.24, 2.45) is 0 Å². The molecule has 7 heteroatoms. The second-order valence-electron chi connectivity index (χ2n) is 5.35. The summed E-state index contributed by atoms with van der Waals surface area (Å²) in [6.07, 6.45) is 2.08. The second-order valence-corrected chi connectivity index (χ2v) is 7.24. The van der Waals surface area contributed by atoms with Gasteiger partial charge < -0.3 is 5.11 Å². The van der Waals surface area contributed by atoms with Crippen molar-refractivity contribution < 1.29 is 18.3 Å². The van der Waals surface area contributed by atoms with Gasteiger partial charge in [-0.1, -0.05) is 18.6 Å². The molecule has 1 saturated heterocycles. The van der Waals surface area contributed by atoms with E-state index in [0.717, 1.165) is 12.8 Å². The first-order valence-corrected chi connectivity index (χ1v) is 8.58. The first-order chi connectivity index (χ1) is 10.4. The van der Waals surface area contributed by atoms with Gasteiger partial charge in [0.25, 0.3) is 0 Å². The van der Waals surface area contributed by atoms with Crippen molar-refractivity contribution >= 4 is 16.0 Å². The molecule has 0 bridgehead atoms. The van der Waals surface area contributed by atoms with E-state index < -0.39 is 22.0 Å². The van der Waals surface area contributed by atoms with Crippen LogP contribution in [0, 0.1) is 11.3 Å². The van der Waals surface area contributed by atoms with Crippen molar-refractivity contribution in [3.8, 4) is 6.07 Å². The zero-order valence-corrected chi connectivity index (χ0v) is 12.9. The standard InChI is InChI=1S/C15H18N2O4S/c16-8-7-12-4-3-6-14(10-12)22(20,21)17-9-2-1-5-13(17)11-15(18)19/h3-4,6,10,13H,1-2,5,7,9,11H2,(H,18,19). The average Bonchev–Trinajstić information content (AvgIpc) is 2.48. The zero-order chi connectivity index (χ0) is 16.2. The predicted octanol–water partition coefficient (Wildman–Crippen LogP) is 1.77. The van der Waals surface area contributed by atoms with E-state index in [9.17, 15) is 13.2 Å². The quantitative estimate of drug-likeness (QED) is 0.890. The van der Waals surface area contributed by atoms with Crippen molar-refractivity contribution in [2.75, 3.05) is 6.54 Å². The summed E-state index contributed by atoms with van der Waals surface area (Å²) in [7, 11) is -3.74. The van der Waals surface area contributed by atoms with Gasteiger partial charge in [0, 0.05) is 12.6 Å². The van der Waals surface area contributed by atoms with Gasteiger partial charge in [0.1, 0.15) is 0 Å². The Bertz CT molecular complexity index is 694. The molecular weight excluding hydrogens is 304 g/mol. The van der Waals surface area contributed by atoms with E-state index in [1.165, 1.54) is 16.4 Å². The number of nitrogens with zero attached hydrogens (tertiary/aromatic N) is 2. The first-order valence-electron chi connectivity index (χ1n) is 7.14. The Labute approximate surface area is 130 Å². The molecule has 0 aromatic heterocycles. The molecule has 1 N–H and O–H groups in total. The third-order valence-corrected chi connectivity index (χ3v) is 5.72. The monoisotopic (exact) mass is 322 g/mol. The first kappa shape index (κ1) is 16.5. The minimum absolute atomic E-state index is 0.123. The van der Waals surface area contributed by atoms with Crippen molar-refractivity contribution in [2.45, 2.75) is 43.0 Å². The van der Waals surface area contributed by atoms with E-state index in [1.54, 1.807) is 12.1 Å². The number of rotatable bonds is 5. The molecule has 1 heterocycles. The molecule has 6 nitrogen and oxygen atoms in total. The van der Waals surface area contributed by atoms with Crippen LogP contribution in [0.15, 0.2) is 29.2 Å². The molecular formula is C15H18N2O4S. The fourth-order valence-corrected chi connectivity index (χ4v) is 4.50. The van der Waals surface area contributed by atoms with Gasteiger partial charge in [0.15, 0.2) is 0 Å². The number of carboxylic acids is 1. The number of carboxylic acid groups (broad SMARTS) is 1. The van der Waals surface area contributed by atoms with Gasteiger partial charge in [0.05, 0.1) is 23.8 Å². The highest BCUT2D eigenvalue weighted by Crippen LogP contribution is 2.27. The summed E-state index contributed by atoms with van der Waals surface area (Å²) in [6.45, 7) is 0.336. The van der Waals surface area contributed by atoms with Crippen LogP contribution >= 0.6 is 0 Å². The number of hydrogen-bond acceptors (Lipinski definition) is 4. The molecule has 1 atom stereocenters. The van der Waals surface area contributed by atoms with Crippen LogP contribution < -0.4 is 0 Å². The summed E-state index contributed by atoms with van der Waals surface area (Å²) in [5.41, 5.74) is 0.635. The van der Waals surface area contributed by atoms with Gasteiger partial charge in [-0.15, -0.1) is 0 Å². The fraction of sp³-hybridized carbons (Fsp3) is 0.467. The SMILES string of the molecule is N#CCc1cccc(S(=O)(=O)N2CCCCC2CC(=O)O)c1. The Hall–Kier alpha value is -1.91. The summed E-state index contributed by atoms with van der Waals surface area (Å²) in [5, 5.41) is 17.7. The normalized spacial score (nSPS) is 19.5. The second kappa shape index (κ2) is 6.90. The molecule has 22 heavy (non-hydrogen) atoms. The third-order valence-electron chi connectivity index (χ3n) is 3.77. The molecule has 1 aromatic carbocycles. The number of hydrogen-bond donors (Lipinski definition) is 1. The lowest BCUT2D eigenvalue weighted by molar-refractivity contribution is -0.138. The van der Waals surface area contributed by atoms with Crippen molar-refractivity contribution in [1.29, 1.82) is 5.26 Å². The van der Waals surface area contributed by atoms with Crippen LogP contribution in [0.1, 0.15) is 31.2 Å². The Morgan fingerprint density at radius 3 is 2.86 bits per heavy atom. The lowest BCUT2D eigenvalue weighted by Crippen LogP contribution is -2.44. The molecule has 0 spiro atoms. The van der Waals surface area contributed by atoms with Crippen LogP contribution in [0.5, 0.6) is 0 Å². The Kier molecular flexibility index (Phi) is 5.16. The Morgan fingerprint density at radius 2 is 2.18 bits per heavy atom. The molecule has 0 amide bonds. The number of nitriles is 1. The highest BCUT2D eigenvalue weighted by molar-refractivity contribution is 7.89. The van der Waals surface area contributed by atoms with Crippen molar-refractivity contribution in [3.05, 3.63) is 29.8 Å². The Morgan fingerprint density at radius 1 is 1.41 bits per heavy atom. The lowest BCUT2D eigenvalue weighted by atomic mass is 10.0. The minimum Gasteiger partial charge on any atom is -0.481 e. The van der Waals surface area contributed by atoms with Crippen LogP contribution in [0.25, 0.3) is 0 Å². The molecule has 1 fully saturated rings. The van der Waals surface area contributed by atoms with E-state index in [4.69, 9.17) is 10.4 Å². The summed E-state index contributed by atoms with van der Waals surface area (Å²) in [5.74, 6) is -0.995. The van der Waals surface area contributed by atoms with Crippen molar-refractivity contribution in [3.63, 3.8) is 0 Å². The van der Waals surface area contributed by atoms with Gasteiger partial charge in [-0.3, -0.25) is 4.79 Å². The van der Waals surface area contributed by atoms with E-state index in [2.05, 4.69) is 0 Å². The van der Waals surface area contributed by atoms with E-state index in [1.807, 2.05) is 6.07 Å². The third kappa shape index (κ3) is 3.64. The van der Waals surface area contributed by atoms with Gasteiger partial charge in [-0.25, -0.2) is 8.42 Å². The van der Waals surface area contributed by atoms with Gasteiger partial charge >= 0.3 is 5.97 Å². The molecule has 2 rings (SSSR count). The predicted molar refractivity (Wildman–Crippen MR) is 79.5 cm³/mol. The highest BCUT2D eigenvalue weighted by atomic mass is 32.2. The van der Waals surface area contributed by atoms with E-state index in [-0.39, 0.29) is 17.7 Å². The smallest absolute Gasteiger partial charge is 0.304 e. The van der Waals surface area contributed by atoms with E-state index >= 15 is 0 Å². The summed E-state index contributed by atoms with van der Waals surface area (Å²) >= 11 is 0. The molecule has 0 saturated carbocycles. The molecule has 0 radical (unpaired) electrons. The fourth-order valence-electron chi connectivity index (χ4n) is 2.74. The zero-order valence-electron chi connectivity index (χ0n) is 12.1. The van der Waals surface area contributed by atoms with Crippen molar-refractivity contribution in [1.82, 2.24) is 4.31 Å². The highest BCUT2D eigenvalue weighted by Gasteiger charge is 2.34. The van der Waals surface area contributed by atoms with Crippen LogP contribution in [-0.2, 0) is 21.2 Å². The van der Waals surface area contributed by atoms with Crippen LogP contribution in [0.2, 0.25) is 0 Å². The molecule has 1 unspecified atom stereocenters. The molecule has 1 aliphatic rings. The number of piperidine rings is 1. The minimum atomic E-state index is -3.74. The number of carbonyl (C=O) groups is 1. The largest absolute Gasteiger partial charge is 0.481 e. The molecule has 118 valence electrons. The molecule has 1 aromatic rings. The topological polar surface area (TPSA) is 98.5 Å². The van der Waals surface area contributed by atoms with Crippen LogP contribution in [-0.4, -0.2) is 36.4 Å². The summed E-state index contributed by atoms with van der Waals surface area (Å²) in [6, 6.07) is 7.78. The summed E-state index contributed by atoms with van der Waals surface area (Å²) < 4.78 is 26.9. The molecule has 0 aliphatic carbocycles. The van der Waals surface area contributed by atoms with Crippen LogP contribution in [0.4, 0.5) is 0 Å². The maximum Gasteiger partial charge on any atom is 0.304 e. The maximum absolute atomic E-state index is 12.8. The van der Waals surface area contributed by atoms with Gasteiger partial charge in [-0.2, -0.15) is 9.57 Å². The number of aliphatic carboxylic acids is 1. The molecule has 1 aliphatic heterocycles. The van der Waals surface area contributed by atoms with Gasteiger partial charge in [-0.05, 0) is 30.5 Å². The number of sulfonamides is 1.